The van der Waals surface area contributed by atoms with Gasteiger partial charge in [0.25, 0.3) is 0 Å². The van der Waals surface area contributed by atoms with E-state index in [0.717, 1.165) is 74.8 Å². The average Bonchev–Trinajstić information content (AvgIpc) is 1.43. The van der Waals surface area contributed by atoms with E-state index in [-0.39, 0.29) is 11.5 Å². The number of hydrogen-bond donors (Lipinski definition) is 2. The van der Waals surface area contributed by atoms with Crippen LogP contribution < -0.4 is 9.47 Å². The number of carbonyl (C=O) groups is 8. The van der Waals surface area contributed by atoms with Crippen molar-refractivity contribution < 1.29 is 95.2 Å². The van der Waals surface area contributed by atoms with E-state index in [1.54, 1.807) is 48.5 Å². The van der Waals surface area contributed by atoms with Crippen LogP contribution in [0.1, 0.15) is 78.2 Å². The van der Waals surface area contributed by atoms with Gasteiger partial charge in [0.15, 0.2) is 24.4 Å². The standard InChI is InChI=1S/C72H66N4O20/c1-37(77)85-35-59-65(87-39(3)79)67(89-41(5)81)69(91-43(7)83)71(95-59)93-49-23-19-47(20-24-49)63-55-31-29-53(74-55)61(45-15-11-9-12-16-45)51-27-28-52(73-51)62(46-17-13-10-14-18-46)54-30-32-56(75-54)64(58-34-33-57(63)76-58)48-21-25-50(26-22-48)94-72-70(92-44(8)84)68(90-42(6)82)66(88-40(4)80)60(96-72)36-86-38(2)78/h9-34,59-60,65-72,74-75H,35-36H2,1-8H3/t59-,60-,65+,66+,67+,68+,69-,70-,71-,72-/m1/s1. The molecule has 4 aliphatic heterocycles. The van der Waals surface area contributed by atoms with E-state index in [4.69, 9.17) is 66.8 Å². The first kappa shape index (κ1) is 66.2. The Bertz CT molecular complexity index is 4100. The van der Waals surface area contributed by atoms with Crippen LogP contribution in [0.3, 0.4) is 0 Å². The molecule has 11 rings (SSSR count). The molecule has 0 unspecified atom stereocenters. The van der Waals surface area contributed by atoms with Gasteiger partial charge in [-0.2, -0.15) is 0 Å². The summed E-state index contributed by atoms with van der Waals surface area (Å²) in [4.78, 5) is 118. The van der Waals surface area contributed by atoms with Crippen molar-refractivity contribution >= 4 is 94.1 Å². The molecule has 4 aromatic carbocycles. The molecule has 0 spiro atoms. The summed E-state index contributed by atoms with van der Waals surface area (Å²) in [6.45, 7) is 8.25. The Labute approximate surface area is 549 Å². The van der Waals surface area contributed by atoms with E-state index in [1.165, 1.54) is 13.8 Å². The smallest absolute Gasteiger partial charge is 0.303 e. The normalized spacial score (nSPS) is 21.0. The molecule has 2 N–H and O–H groups in total. The molecule has 24 nitrogen and oxygen atoms in total. The highest BCUT2D eigenvalue weighted by Crippen LogP contribution is 2.41. The molecule has 0 amide bonds. The van der Waals surface area contributed by atoms with Crippen molar-refractivity contribution in [3.63, 3.8) is 0 Å². The Morgan fingerprint density at radius 2 is 0.604 bits per heavy atom. The Balaban J connectivity index is 1.07. The van der Waals surface area contributed by atoms with E-state index in [1.807, 2.05) is 109 Å². The van der Waals surface area contributed by atoms with Crippen molar-refractivity contribution in [2.75, 3.05) is 13.2 Å². The van der Waals surface area contributed by atoms with Crippen molar-refractivity contribution in [1.82, 2.24) is 19.9 Å². The SMILES string of the molecule is CC(=O)OC[C@H]1O[C@@H](Oc2ccc(-c3c4nc(c(-c5ccc(O[C@@H]6O[C@H](COC(C)=O)[C@H](OC(C)=O)[C@H](OC(C)=O)[C@H]6OC(C)=O)cc5)c5ccc([nH]5)c(-c5ccccc5)c5nc(c(-c6ccccc6)c6ccc3[nH]6)C=C5)C=C4)cc2)[C@H](OC(C)=O)[C@@H](OC(C)=O)[C@H]1OC(C)=O. The zero-order chi connectivity index (χ0) is 67.9. The largest absolute Gasteiger partial charge is 0.463 e. The van der Waals surface area contributed by atoms with Crippen LogP contribution in [-0.2, 0) is 85.7 Å². The summed E-state index contributed by atoms with van der Waals surface area (Å²) in [5.41, 5.74) is 11.2. The average molecular weight is 1310 g/mol. The number of fused-ring (bicyclic) bond motifs is 8. The van der Waals surface area contributed by atoms with Gasteiger partial charge in [0.05, 0.1) is 22.8 Å². The number of nitrogens with zero attached hydrogens (tertiary/aromatic N) is 2. The molecule has 4 aliphatic rings. The Morgan fingerprint density at radius 3 is 0.885 bits per heavy atom. The Kier molecular flexibility index (Phi) is 20.0. The van der Waals surface area contributed by atoms with Crippen molar-refractivity contribution in [2.45, 2.75) is 117 Å². The van der Waals surface area contributed by atoms with Gasteiger partial charge >= 0.3 is 47.8 Å². The summed E-state index contributed by atoms with van der Waals surface area (Å²) in [5.74, 6) is -5.71. The molecule has 0 saturated carbocycles. The molecule has 0 radical (unpaired) electrons. The zero-order valence-corrected chi connectivity index (χ0v) is 53.3. The number of esters is 8. The van der Waals surface area contributed by atoms with Crippen molar-refractivity contribution in [3.05, 3.63) is 156 Å². The van der Waals surface area contributed by atoms with E-state index < -0.39 is 122 Å². The molecule has 10 atom stereocenters. The Morgan fingerprint density at radius 1 is 0.333 bits per heavy atom. The lowest BCUT2D eigenvalue weighted by molar-refractivity contribution is -0.288. The summed E-state index contributed by atoms with van der Waals surface area (Å²) < 4.78 is 69.8. The molecular formula is C72H66N4O20. The highest BCUT2D eigenvalue weighted by Gasteiger charge is 2.55. The fourth-order valence-corrected chi connectivity index (χ4v) is 11.9. The fraction of sp³-hybridized carbons (Fsp3) is 0.278. The second-order valence-corrected chi connectivity index (χ2v) is 22.7. The number of ether oxygens (including phenoxy) is 12. The van der Waals surface area contributed by atoms with Gasteiger partial charge in [0.2, 0.25) is 24.8 Å². The third-order valence-corrected chi connectivity index (χ3v) is 15.6. The van der Waals surface area contributed by atoms with E-state index in [0.29, 0.717) is 56.1 Å². The first-order valence-corrected chi connectivity index (χ1v) is 30.6. The van der Waals surface area contributed by atoms with Crippen LogP contribution in [0.25, 0.3) is 90.9 Å². The third-order valence-electron chi connectivity index (χ3n) is 15.6. The van der Waals surface area contributed by atoms with Gasteiger partial charge in [0.1, 0.15) is 36.9 Å². The number of H-pyrrole nitrogens is 2. The van der Waals surface area contributed by atoms with Gasteiger partial charge in [-0.05, 0) is 95.1 Å². The topological polar surface area (TPSA) is 305 Å². The quantitative estimate of drug-likeness (QED) is 0.0596. The minimum Gasteiger partial charge on any atom is -0.463 e. The van der Waals surface area contributed by atoms with Crippen molar-refractivity contribution in [1.29, 1.82) is 0 Å². The number of carbonyl (C=O) groups excluding carboxylic acids is 8. The third kappa shape index (κ3) is 15.2. The number of aromatic amines is 2. The Hall–Kier alpha value is -11.2. The summed E-state index contributed by atoms with van der Waals surface area (Å²) in [7, 11) is 0. The zero-order valence-electron chi connectivity index (χ0n) is 53.3. The van der Waals surface area contributed by atoms with Crippen LogP contribution in [0.2, 0.25) is 0 Å². The maximum atomic E-state index is 12.7. The van der Waals surface area contributed by atoms with E-state index >= 15 is 0 Å². The van der Waals surface area contributed by atoms with Gasteiger partial charge < -0.3 is 66.8 Å². The predicted molar refractivity (Wildman–Crippen MR) is 346 cm³/mol. The first-order valence-electron chi connectivity index (χ1n) is 30.6. The maximum absolute atomic E-state index is 12.7. The lowest BCUT2D eigenvalue weighted by Crippen LogP contribution is -2.63. The molecule has 7 heterocycles. The second-order valence-electron chi connectivity index (χ2n) is 22.7. The molecule has 96 heavy (non-hydrogen) atoms. The van der Waals surface area contributed by atoms with Crippen LogP contribution >= 0.6 is 0 Å². The summed E-state index contributed by atoms with van der Waals surface area (Å²) in [6.07, 6.45) is -6.48. The van der Waals surface area contributed by atoms with E-state index in [2.05, 4.69) is 9.97 Å². The predicted octanol–water partition coefficient (Wildman–Crippen LogP) is 10.2. The monoisotopic (exact) mass is 1310 g/mol. The summed E-state index contributed by atoms with van der Waals surface area (Å²) in [5, 5.41) is 0. The highest BCUT2D eigenvalue weighted by molar-refractivity contribution is 6.00. The minimum atomic E-state index is -1.51. The number of nitrogens with one attached hydrogen (secondary N) is 2. The maximum Gasteiger partial charge on any atom is 0.303 e. The van der Waals surface area contributed by atoms with Crippen LogP contribution in [0.4, 0.5) is 0 Å². The van der Waals surface area contributed by atoms with Crippen LogP contribution in [0.15, 0.2) is 133 Å². The van der Waals surface area contributed by atoms with Crippen LogP contribution in [-0.4, -0.2) is 142 Å². The van der Waals surface area contributed by atoms with Gasteiger partial charge in [-0.15, -0.1) is 0 Å². The highest BCUT2D eigenvalue weighted by atomic mass is 16.7. The second kappa shape index (κ2) is 29.0. The number of hydrogen-bond acceptors (Lipinski definition) is 22. The number of benzene rings is 4. The molecule has 0 aliphatic carbocycles. The fourth-order valence-electron chi connectivity index (χ4n) is 11.9. The van der Waals surface area contributed by atoms with Gasteiger partial charge in [-0.25, -0.2) is 9.97 Å². The molecule has 3 aromatic heterocycles. The molecule has 7 aromatic rings. The summed E-state index contributed by atoms with van der Waals surface area (Å²) >= 11 is 0. The molecule has 2 saturated heterocycles. The van der Waals surface area contributed by atoms with Crippen molar-refractivity contribution in [2.24, 2.45) is 0 Å². The summed E-state index contributed by atoms with van der Waals surface area (Å²) in [6, 6.07) is 41.5. The molecule has 24 heteroatoms. The van der Waals surface area contributed by atoms with Gasteiger partial charge in [-0.3, -0.25) is 38.4 Å². The number of aromatic nitrogens is 4. The minimum absolute atomic E-state index is 0.195. The lowest BCUT2D eigenvalue weighted by atomic mass is 9.98. The molecular weight excluding hydrogens is 1240 g/mol. The molecule has 8 bridgehead atoms. The first-order chi connectivity index (χ1) is 46.1. The number of rotatable bonds is 18. The van der Waals surface area contributed by atoms with Crippen LogP contribution in [0.5, 0.6) is 11.5 Å². The molecule has 2 fully saturated rings. The van der Waals surface area contributed by atoms with Crippen LogP contribution in [0, 0.1) is 0 Å². The molecule has 494 valence electrons. The van der Waals surface area contributed by atoms with E-state index in [9.17, 15) is 38.4 Å². The van der Waals surface area contributed by atoms with Gasteiger partial charge in [0, 0.05) is 99.7 Å². The lowest BCUT2D eigenvalue weighted by Gasteiger charge is -2.43. The van der Waals surface area contributed by atoms with Crippen molar-refractivity contribution in [3.8, 4) is 56.0 Å². The van der Waals surface area contributed by atoms with Gasteiger partial charge in [-0.1, -0.05) is 84.9 Å².